The minimum atomic E-state index is -0.409. The number of hydrogen-bond acceptors (Lipinski definition) is 5. The molecular formula is C23H26N4O3. The fourth-order valence-electron chi connectivity index (χ4n) is 4.18. The molecule has 2 aromatic heterocycles. The van der Waals surface area contributed by atoms with Crippen LogP contribution in [0, 0.1) is 6.92 Å². The van der Waals surface area contributed by atoms with Gasteiger partial charge in [0.05, 0.1) is 24.6 Å². The van der Waals surface area contributed by atoms with Crippen molar-refractivity contribution in [2.75, 3.05) is 38.2 Å². The summed E-state index contributed by atoms with van der Waals surface area (Å²) >= 11 is 0. The van der Waals surface area contributed by atoms with Gasteiger partial charge in [-0.3, -0.25) is 9.78 Å². The molecule has 156 valence electrons. The van der Waals surface area contributed by atoms with Gasteiger partial charge < -0.3 is 19.5 Å². The minimum absolute atomic E-state index is 0.0759. The number of pyridine rings is 1. The zero-order valence-electron chi connectivity index (χ0n) is 17.6. The van der Waals surface area contributed by atoms with Crippen LogP contribution in [-0.4, -0.2) is 60.0 Å². The third-order valence-electron chi connectivity index (χ3n) is 5.84. The lowest BCUT2D eigenvalue weighted by atomic mass is 10.1. The lowest BCUT2D eigenvalue weighted by Gasteiger charge is -2.36. The van der Waals surface area contributed by atoms with Crippen LogP contribution in [0.4, 0.5) is 5.69 Å². The standard InChI is InChI=1S/C23H26N4O3/c1-4-18-20(23(29)30-3)15(2)21(25-18)22(28)27-11-9-26(10-12-27)19-14-24-13-16-7-5-6-8-17(16)19/h5-8,13-14,25H,4,9-12H2,1-3H3. The van der Waals surface area contributed by atoms with Crippen molar-refractivity contribution < 1.29 is 14.3 Å². The van der Waals surface area contributed by atoms with Gasteiger partial charge in [-0.05, 0) is 18.9 Å². The Labute approximate surface area is 175 Å². The van der Waals surface area contributed by atoms with Gasteiger partial charge >= 0.3 is 5.97 Å². The van der Waals surface area contributed by atoms with Gasteiger partial charge in [-0.25, -0.2) is 4.79 Å². The van der Waals surface area contributed by atoms with Gasteiger partial charge in [0.25, 0.3) is 5.91 Å². The number of piperazine rings is 1. The maximum atomic E-state index is 13.2. The van der Waals surface area contributed by atoms with Gasteiger partial charge in [-0.1, -0.05) is 31.2 Å². The molecule has 0 saturated carbocycles. The normalized spacial score (nSPS) is 14.2. The number of aromatic amines is 1. The molecular weight excluding hydrogens is 380 g/mol. The number of nitrogens with zero attached hydrogens (tertiary/aromatic N) is 3. The van der Waals surface area contributed by atoms with Crippen LogP contribution < -0.4 is 4.90 Å². The quantitative estimate of drug-likeness (QED) is 0.674. The first kappa shape index (κ1) is 19.9. The number of benzene rings is 1. The highest BCUT2D eigenvalue weighted by Crippen LogP contribution is 2.27. The Balaban J connectivity index is 1.53. The van der Waals surface area contributed by atoms with Crippen LogP contribution >= 0.6 is 0 Å². The Kier molecular flexibility index (Phi) is 5.44. The summed E-state index contributed by atoms with van der Waals surface area (Å²) in [4.78, 5) is 37.0. The molecule has 0 bridgehead atoms. The molecule has 30 heavy (non-hydrogen) atoms. The number of hydrogen-bond donors (Lipinski definition) is 1. The largest absolute Gasteiger partial charge is 0.465 e. The average molecular weight is 406 g/mol. The summed E-state index contributed by atoms with van der Waals surface area (Å²) in [6, 6.07) is 8.21. The van der Waals surface area contributed by atoms with Crippen LogP contribution in [0.1, 0.15) is 39.0 Å². The van der Waals surface area contributed by atoms with E-state index in [1.54, 1.807) is 6.92 Å². The Morgan fingerprint density at radius 1 is 1.13 bits per heavy atom. The number of carbonyl (C=O) groups excluding carboxylic acids is 2. The molecule has 0 atom stereocenters. The first-order chi connectivity index (χ1) is 14.5. The van der Waals surface area contributed by atoms with Crippen molar-refractivity contribution in [1.82, 2.24) is 14.9 Å². The molecule has 1 fully saturated rings. The number of rotatable bonds is 4. The van der Waals surface area contributed by atoms with Gasteiger partial charge in [0.1, 0.15) is 5.69 Å². The van der Waals surface area contributed by atoms with Gasteiger partial charge in [0.2, 0.25) is 0 Å². The molecule has 0 spiro atoms. The SMILES string of the molecule is CCc1[nH]c(C(=O)N2CCN(c3cncc4ccccc34)CC2)c(C)c1C(=O)OC. The molecule has 1 saturated heterocycles. The lowest BCUT2D eigenvalue weighted by molar-refractivity contribution is 0.0599. The predicted octanol–water partition coefficient (Wildman–Crippen LogP) is 3.18. The zero-order chi connectivity index (χ0) is 21.3. The van der Waals surface area contributed by atoms with Crippen LogP contribution in [0.5, 0.6) is 0 Å². The third-order valence-corrected chi connectivity index (χ3v) is 5.84. The van der Waals surface area contributed by atoms with Crippen molar-refractivity contribution in [2.24, 2.45) is 0 Å². The van der Waals surface area contributed by atoms with E-state index in [4.69, 9.17) is 4.74 Å². The second-order valence-corrected chi connectivity index (χ2v) is 7.48. The predicted molar refractivity (Wildman–Crippen MR) is 116 cm³/mol. The van der Waals surface area contributed by atoms with E-state index in [1.165, 1.54) is 12.5 Å². The molecule has 3 aromatic rings. The molecule has 1 aliphatic rings. The van der Waals surface area contributed by atoms with E-state index >= 15 is 0 Å². The minimum Gasteiger partial charge on any atom is -0.465 e. The first-order valence-corrected chi connectivity index (χ1v) is 10.2. The number of carbonyl (C=O) groups is 2. The summed E-state index contributed by atoms with van der Waals surface area (Å²) in [5, 5.41) is 2.28. The summed E-state index contributed by atoms with van der Waals surface area (Å²) in [5.41, 5.74) is 3.45. The maximum Gasteiger partial charge on any atom is 0.339 e. The van der Waals surface area contributed by atoms with Gasteiger partial charge in [-0.2, -0.15) is 0 Å². The number of H-pyrrole nitrogens is 1. The summed E-state index contributed by atoms with van der Waals surface area (Å²) in [6.07, 6.45) is 4.39. The number of fused-ring (bicyclic) bond motifs is 1. The van der Waals surface area contributed by atoms with Crippen molar-refractivity contribution in [3.63, 3.8) is 0 Å². The van der Waals surface area contributed by atoms with Crippen LogP contribution in [0.25, 0.3) is 10.8 Å². The zero-order valence-corrected chi connectivity index (χ0v) is 17.6. The van der Waals surface area contributed by atoms with E-state index < -0.39 is 5.97 Å². The van der Waals surface area contributed by atoms with E-state index in [1.807, 2.05) is 36.4 Å². The smallest absolute Gasteiger partial charge is 0.339 e. The number of methoxy groups -OCH3 is 1. The first-order valence-electron chi connectivity index (χ1n) is 10.2. The van der Waals surface area contributed by atoms with Crippen molar-refractivity contribution in [2.45, 2.75) is 20.3 Å². The highest BCUT2D eigenvalue weighted by atomic mass is 16.5. The molecule has 3 heterocycles. The Bertz CT molecular complexity index is 1090. The number of esters is 1. The summed E-state index contributed by atoms with van der Waals surface area (Å²) < 4.78 is 4.90. The van der Waals surface area contributed by atoms with Gasteiger partial charge in [0, 0.05) is 48.8 Å². The molecule has 0 unspecified atom stereocenters. The van der Waals surface area contributed by atoms with Crippen LogP contribution in [0.3, 0.4) is 0 Å². The molecule has 0 aliphatic carbocycles. The molecule has 7 heteroatoms. The topological polar surface area (TPSA) is 78.5 Å². The molecule has 1 amide bonds. The lowest BCUT2D eigenvalue weighted by Crippen LogP contribution is -2.49. The van der Waals surface area contributed by atoms with Crippen molar-refractivity contribution in [3.05, 3.63) is 59.2 Å². The number of amides is 1. The van der Waals surface area contributed by atoms with Crippen molar-refractivity contribution in [1.29, 1.82) is 0 Å². The monoisotopic (exact) mass is 406 g/mol. The fraction of sp³-hybridized carbons (Fsp3) is 0.348. The maximum absolute atomic E-state index is 13.2. The third kappa shape index (κ3) is 3.40. The van der Waals surface area contributed by atoms with E-state index in [9.17, 15) is 9.59 Å². The van der Waals surface area contributed by atoms with E-state index in [-0.39, 0.29) is 5.91 Å². The molecule has 1 N–H and O–H groups in total. The van der Waals surface area contributed by atoms with Crippen molar-refractivity contribution in [3.8, 4) is 0 Å². The highest BCUT2D eigenvalue weighted by Gasteiger charge is 2.29. The van der Waals surface area contributed by atoms with Crippen molar-refractivity contribution >= 4 is 28.3 Å². The molecule has 0 radical (unpaired) electrons. The number of ether oxygens (including phenoxy) is 1. The van der Waals surface area contributed by atoms with E-state index in [2.05, 4.69) is 27.0 Å². The molecule has 1 aliphatic heterocycles. The Morgan fingerprint density at radius 2 is 1.87 bits per heavy atom. The number of aryl methyl sites for hydroxylation is 1. The van der Waals surface area contributed by atoms with Gasteiger partial charge in [-0.15, -0.1) is 0 Å². The van der Waals surface area contributed by atoms with Crippen LogP contribution in [0.15, 0.2) is 36.7 Å². The van der Waals surface area contributed by atoms with E-state index in [0.29, 0.717) is 36.3 Å². The van der Waals surface area contributed by atoms with Gasteiger partial charge in [0.15, 0.2) is 0 Å². The van der Waals surface area contributed by atoms with Crippen LogP contribution in [0.2, 0.25) is 0 Å². The molecule has 4 rings (SSSR count). The second-order valence-electron chi connectivity index (χ2n) is 7.48. The summed E-state index contributed by atoms with van der Waals surface area (Å²) in [5.74, 6) is -0.485. The Morgan fingerprint density at radius 3 is 2.57 bits per heavy atom. The van der Waals surface area contributed by atoms with Crippen LogP contribution in [-0.2, 0) is 11.2 Å². The van der Waals surface area contributed by atoms with E-state index in [0.717, 1.165) is 29.9 Å². The molecule has 1 aromatic carbocycles. The fourth-order valence-corrected chi connectivity index (χ4v) is 4.18. The number of aromatic nitrogens is 2. The summed E-state index contributed by atoms with van der Waals surface area (Å²) in [6.45, 7) is 6.42. The number of nitrogens with one attached hydrogen (secondary N) is 1. The second kappa shape index (κ2) is 8.18. The molecule has 7 nitrogen and oxygen atoms in total. The average Bonchev–Trinajstić information content (AvgIpc) is 3.14. The summed E-state index contributed by atoms with van der Waals surface area (Å²) in [7, 11) is 1.36. The Hall–Kier alpha value is -3.35. The highest BCUT2D eigenvalue weighted by molar-refractivity contribution is 6.00. The number of anilines is 1.